The first-order chi connectivity index (χ1) is 11.7. The summed E-state index contributed by atoms with van der Waals surface area (Å²) in [6, 6.07) is 3.58. The van der Waals surface area contributed by atoms with Crippen LogP contribution in [0.25, 0.3) is 0 Å². The molecule has 1 saturated carbocycles. The van der Waals surface area contributed by atoms with E-state index in [0.29, 0.717) is 10.8 Å². The van der Waals surface area contributed by atoms with Gasteiger partial charge in [-0.05, 0) is 79.4 Å². The molecular weight excluding hydrogens is 308 g/mol. The van der Waals surface area contributed by atoms with Gasteiger partial charge in [-0.15, -0.1) is 0 Å². The normalized spacial score (nSPS) is 16.2. The summed E-state index contributed by atoms with van der Waals surface area (Å²) in [4.78, 5) is 0. The third-order valence-electron chi connectivity index (χ3n) is 6.01. The van der Waals surface area contributed by atoms with E-state index in [9.17, 15) is 10.2 Å². The van der Waals surface area contributed by atoms with Crippen molar-refractivity contribution in [3.8, 4) is 11.5 Å². The number of hydrogen-bond donors (Lipinski definition) is 2. The smallest absolute Gasteiger partial charge is 0.122 e. The van der Waals surface area contributed by atoms with Crippen LogP contribution in [0.3, 0.4) is 0 Å². The Hall–Kier alpha value is -1.18. The number of phenolic OH excluding ortho intramolecular Hbond substituents is 2. The first-order valence-electron chi connectivity index (χ1n) is 10.3. The average molecular weight is 347 g/mol. The van der Waals surface area contributed by atoms with Gasteiger partial charge in [0.15, 0.2) is 0 Å². The van der Waals surface area contributed by atoms with Crippen LogP contribution in [0, 0.1) is 10.8 Å². The Kier molecular flexibility index (Phi) is 6.82. The second-order valence-electron chi connectivity index (χ2n) is 9.44. The fourth-order valence-corrected chi connectivity index (χ4v) is 3.82. The minimum absolute atomic E-state index is 0.250. The van der Waals surface area contributed by atoms with Crippen LogP contribution in [-0.2, 0) is 12.8 Å². The predicted molar refractivity (Wildman–Crippen MR) is 106 cm³/mol. The van der Waals surface area contributed by atoms with Gasteiger partial charge in [0.05, 0.1) is 0 Å². The van der Waals surface area contributed by atoms with Gasteiger partial charge in [-0.3, -0.25) is 0 Å². The molecule has 2 heteroatoms. The molecule has 1 aromatic carbocycles. The molecule has 2 nitrogen and oxygen atoms in total. The molecular formula is C23H38O2. The van der Waals surface area contributed by atoms with E-state index in [-0.39, 0.29) is 11.5 Å². The molecule has 0 saturated heterocycles. The zero-order valence-electron chi connectivity index (χ0n) is 16.8. The zero-order chi connectivity index (χ0) is 18.5. The van der Waals surface area contributed by atoms with Crippen LogP contribution in [0.4, 0.5) is 0 Å². The van der Waals surface area contributed by atoms with E-state index in [2.05, 4.69) is 27.7 Å². The fraction of sp³-hybridized carbons (Fsp3) is 0.739. The number of phenols is 2. The van der Waals surface area contributed by atoms with Crippen LogP contribution in [0.5, 0.6) is 11.5 Å². The number of unbranched alkanes of at least 4 members (excludes halogenated alkanes) is 2. The third-order valence-corrected chi connectivity index (χ3v) is 6.01. The second kappa shape index (κ2) is 8.47. The molecule has 0 aromatic heterocycles. The molecule has 142 valence electrons. The predicted octanol–water partition coefficient (Wildman–Crippen LogP) is 6.76. The van der Waals surface area contributed by atoms with Crippen molar-refractivity contribution in [1.82, 2.24) is 0 Å². The molecule has 1 aliphatic rings. The summed E-state index contributed by atoms with van der Waals surface area (Å²) >= 11 is 0. The maximum Gasteiger partial charge on any atom is 0.122 e. The Morgan fingerprint density at radius 3 is 1.92 bits per heavy atom. The zero-order valence-corrected chi connectivity index (χ0v) is 16.8. The number of aryl methyl sites for hydroxylation is 2. The molecule has 0 spiro atoms. The summed E-state index contributed by atoms with van der Waals surface area (Å²) in [5, 5.41) is 20.3. The second-order valence-corrected chi connectivity index (χ2v) is 9.44. The van der Waals surface area contributed by atoms with Crippen LogP contribution in [0.2, 0.25) is 0 Å². The fourth-order valence-electron chi connectivity index (χ4n) is 3.82. The molecule has 0 amide bonds. The van der Waals surface area contributed by atoms with Crippen molar-refractivity contribution in [2.45, 2.75) is 98.3 Å². The summed E-state index contributed by atoms with van der Waals surface area (Å²) < 4.78 is 0. The van der Waals surface area contributed by atoms with Crippen LogP contribution in [0.15, 0.2) is 12.1 Å². The largest absolute Gasteiger partial charge is 0.508 e. The minimum Gasteiger partial charge on any atom is -0.508 e. The van der Waals surface area contributed by atoms with E-state index < -0.39 is 0 Å². The van der Waals surface area contributed by atoms with E-state index in [0.717, 1.165) is 36.8 Å². The monoisotopic (exact) mass is 346 g/mol. The Labute approximate surface area is 154 Å². The Morgan fingerprint density at radius 1 is 0.880 bits per heavy atom. The summed E-state index contributed by atoms with van der Waals surface area (Å²) in [7, 11) is 0. The molecule has 0 atom stereocenters. The highest BCUT2D eigenvalue weighted by Gasteiger charge is 2.39. The number of hydrogen-bond acceptors (Lipinski definition) is 2. The summed E-state index contributed by atoms with van der Waals surface area (Å²) in [6.07, 6.45) is 13.1. The Balaban J connectivity index is 1.81. The standard InChI is InChI=1S/C23H38O2/c1-5-23(14-15-23)13-9-7-11-19-16-18(20(24)17-21(19)25)10-6-8-12-22(2,3)4/h16-17,24-25H,5-15H2,1-4H3. The van der Waals surface area contributed by atoms with Crippen molar-refractivity contribution >= 4 is 0 Å². The Morgan fingerprint density at radius 2 is 1.44 bits per heavy atom. The van der Waals surface area contributed by atoms with Gasteiger partial charge in [0.25, 0.3) is 0 Å². The lowest BCUT2D eigenvalue weighted by Crippen LogP contribution is -2.04. The van der Waals surface area contributed by atoms with Gasteiger partial charge >= 0.3 is 0 Å². The van der Waals surface area contributed by atoms with Crippen LogP contribution < -0.4 is 0 Å². The number of rotatable bonds is 10. The highest BCUT2D eigenvalue weighted by Crippen LogP contribution is 2.52. The first-order valence-corrected chi connectivity index (χ1v) is 10.3. The van der Waals surface area contributed by atoms with E-state index in [1.165, 1.54) is 44.9 Å². The molecule has 0 radical (unpaired) electrons. The lowest BCUT2D eigenvalue weighted by Gasteiger charge is -2.17. The summed E-state index contributed by atoms with van der Waals surface area (Å²) in [6.45, 7) is 9.12. The van der Waals surface area contributed by atoms with Crippen molar-refractivity contribution in [3.05, 3.63) is 23.3 Å². The van der Waals surface area contributed by atoms with Gasteiger partial charge in [-0.2, -0.15) is 0 Å². The molecule has 1 aliphatic carbocycles. The molecule has 25 heavy (non-hydrogen) atoms. The van der Waals surface area contributed by atoms with Gasteiger partial charge in [0, 0.05) is 6.07 Å². The highest BCUT2D eigenvalue weighted by molar-refractivity contribution is 5.45. The van der Waals surface area contributed by atoms with Crippen molar-refractivity contribution in [2.24, 2.45) is 10.8 Å². The molecule has 0 unspecified atom stereocenters. The van der Waals surface area contributed by atoms with Gasteiger partial charge in [-0.1, -0.05) is 47.0 Å². The average Bonchev–Trinajstić information content (AvgIpc) is 3.31. The van der Waals surface area contributed by atoms with Crippen LogP contribution in [0.1, 0.15) is 96.6 Å². The van der Waals surface area contributed by atoms with Gasteiger partial charge in [-0.25, -0.2) is 0 Å². The SMILES string of the molecule is CCC1(CCCCc2cc(CCCCC(C)(C)C)c(O)cc2O)CC1. The molecule has 0 bridgehead atoms. The van der Waals surface area contributed by atoms with Gasteiger partial charge in [0.1, 0.15) is 11.5 Å². The lowest BCUT2D eigenvalue weighted by atomic mass is 9.89. The van der Waals surface area contributed by atoms with E-state index in [4.69, 9.17) is 0 Å². The van der Waals surface area contributed by atoms with Gasteiger partial charge in [0.2, 0.25) is 0 Å². The van der Waals surface area contributed by atoms with Crippen LogP contribution in [-0.4, -0.2) is 10.2 Å². The minimum atomic E-state index is 0.250. The maximum absolute atomic E-state index is 10.2. The molecule has 2 N–H and O–H groups in total. The molecule has 1 aromatic rings. The lowest BCUT2D eigenvalue weighted by molar-refractivity contribution is 0.359. The molecule has 1 fully saturated rings. The van der Waals surface area contributed by atoms with Crippen molar-refractivity contribution in [1.29, 1.82) is 0 Å². The van der Waals surface area contributed by atoms with Crippen LogP contribution >= 0.6 is 0 Å². The van der Waals surface area contributed by atoms with E-state index in [1.807, 2.05) is 6.07 Å². The van der Waals surface area contributed by atoms with Crippen molar-refractivity contribution in [2.75, 3.05) is 0 Å². The third kappa shape index (κ3) is 6.56. The topological polar surface area (TPSA) is 40.5 Å². The molecule has 0 aliphatic heterocycles. The molecule has 0 heterocycles. The quantitative estimate of drug-likeness (QED) is 0.459. The van der Waals surface area contributed by atoms with E-state index >= 15 is 0 Å². The van der Waals surface area contributed by atoms with Crippen molar-refractivity contribution < 1.29 is 10.2 Å². The highest BCUT2D eigenvalue weighted by atomic mass is 16.3. The number of aromatic hydroxyl groups is 2. The van der Waals surface area contributed by atoms with Gasteiger partial charge < -0.3 is 10.2 Å². The maximum atomic E-state index is 10.2. The molecule has 2 rings (SSSR count). The first kappa shape index (κ1) is 20.1. The summed E-state index contributed by atoms with van der Waals surface area (Å²) in [5.74, 6) is 0.507. The summed E-state index contributed by atoms with van der Waals surface area (Å²) in [5.41, 5.74) is 3.04. The van der Waals surface area contributed by atoms with E-state index in [1.54, 1.807) is 6.07 Å². The Bertz CT molecular complexity index is 550. The number of benzene rings is 1. The van der Waals surface area contributed by atoms with Crippen molar-refractivity contribution in [3.63, 3.8) is 0 Å².